The lowest BCUT2D eigenvalue weighted by molar-refractivity contribution is 0.399. The second-order valence-corrected chi connectivity index (χ2v) is 8.94. The molecule has 0 fully saturated rings. The number of sulfonamides is 1. The van der Waals surface area contributed by atoms with Gasteiger partial charge in [-0.25, -0.2) is 23.1 Å². The highest BCUT2D eigenvalue weighted by molar-refractivity contribution is 7.89. The average molecular weight is 400 g/mol. The van der Waals surface area contributed by atoms with Crippen molar-refractivity contribution < 1.29 is 8.42 Å². The third-order valence-electron chi connectivity index (χ3n) is 4.58. The van der Waals surface area contributed by atoms with Crippen molar-refractivity contribution >= 4 is 31.6 Å². The molecule has 0 amide bonds. The maximum atomic E-state index is 13.2. The van der Waals surface area contributed by atoms with E-state index >= 15 is 0 Å². The summed E-state index contributed by atoms with van der Waals surface area (Å²) in [6.07, 6.45) is 3.08. The first kappa shape index (κ1) is 17.8. The van der Waals surface area contributed by atoms with Gasteiger partial charge in [0.05, 0.1) is 15.9 Å². The molecule has 2 aromatic carbocycles. The molecule has 1 atom stereocenters. The van der Waals surface area contributed by atoms with Crippen molar-refractivity contribution in [2.24, 2.45) is 0 Å². The summed E-state index contributed by atoms with van der Waals surface area (Å²) >= 11 is 1.43. The predicted molar refractivity (Wildman–Crippen MR) is 104 cm³/mol. The Kier molecular flexibility index (Phi) is 4.50. The zero-order valence-corrected chi connectivity index (χ0v) is 16.4. The van der Waals surface area contributed by atoms with Gasteiger partial charge in [0.2, 0.25) is 10.0 Å². The molecule has 4 aromatic rings. The number of benzene rings is 2. The summed E-state index contributed by atoms with van der Waals surface area (Å²) in [4.78, 5) is 8.40. The summed E-state index contributed by atoms with van der Waals surface area (Å²) in [5, 5.41) is 4.09. The average Bonchev–Trinajstić information content (AvgIpc) is 3.38. The van der Waals surface area contributed by atoms with Gasteiger partial charge in [0.15, 0.2) is 0 Å². The fourth-order valence-corrected chi connectivity index (χ4v) is 5.16. The van der Waals surface area contributed by atoms with Crippen molar-refractivity contribution in [3.05, 3.63) is 66.2 Å². The Morgan fingerprint density at radius 2 is 1.93 bits per heavy atom. The summed E-state index contributed by atoms with van der Waals surface area (Å²) in [5.74, 6) is 0. The Morgan fingerprint density at radius 3 is 2.63 bits per heavy atom. The number of thiazole rings is 1. The maximum Gasteiger partial charge on any atom is 0.245 e. The van der Waals surface area contributed by atoms with Gasteiger partial charge in [-0.15, -0.1) is 11.3 Å². The van der Waals surface area contributed by atoms with Crippen molar-refractivity contribution in [3.8, 4) is 5.69 Å². The van der Waals surface area contributed by atoms with Crippen LogP contribution in [-0.2, 0) is 10.0 Å². The second-order valence-electron chi connectivity index (χ2n) is 6.08. The highest BCUT2D eigenvalue weighted by atomic mass is 32.2. The van der Waals surface area contributed by atoms with Gasteiger partial charge in [-0.2, -0.15) is 9.40 Å². The standard InChI is InChI=1S/C18H17N5O2S2/c1-13(14-6-8-15(9-7-14)23-11-19-10-21-23)22(2)27(24,25)17-5-3-4-16-18(17)20-12-26-16/h3-13H,1-2H3. The Hall–Kier alpha value is -2.62. The molecule has 1 unspecified atom stereocenters. The van der Waals surface area contributed by atoms with Gasteiger partial charge in [0, 0.05) is 13.1 Å². The van der Waals surface area contributed by atoms with Crippen LogP contribution in [0, 0.1) is 0 Å². The van der Waals surface area contributed by atoms with Crippen LogP contribution >= 0.6 is 11.3 Å². The van der Waals surface area contributed by atoms with Crippen molar-refractivity contribution in [2.75, 3.05) is 7.05 Å². The van der Waals surface area contributed by atoms with E-state index in [2.05, 4.69) is 15.1 Å². The zero-order valence-electron chi connectivity index (χ0n) is 14.7. The van der Waals surface area contributed by atoms with Crippen LogP contribution in [0.4, 0.5) is 0 Å². The number of fused-ring (bicyclic) bond motifs is 1. The predicted octanol–water partition coefficient (Wildman–Crippen LogP) is 3.26. The molecule has 0 saturated carbocycles. The Bertz CT molecular complexity index is 1170. The van der Waals surface area contributed by atoms with E-state index in [0.717, 1.165) is 16.0 Å². The van der Waals surface area contributed by atoms with E-state index in [1.54, 1.807) is 35.7 Å². The highest BCUT2D eigenvalue weighted by Gasteiger charge is 2.28. The van der Waals surface area contributed by atoms with Crippen LogP contribution < -0.4 is 0 Å². The molecule has 0 saturated heterocycles. The summed E-state index contributed by atoms with van der Waals surface area (Å²) in [6.45, 7) is 1.86. The summed E-state index contributed by atoms with van der Waals surface area (Å²) in [6, 6.07) is 12.5. The topological polar surface area (TPSA) is 81.0 Å². The molecule has 2 heterocycles. The van der Waals surface area contributed by atoms with Crippen molar-refractivity contribution in [1.82, 2.24) is 24.1 Å². The highest BCUT2D eigenvalue weighted by Crippen LogP contribution is 2.31. The number of aromatic nitrogens is 4. The van der Waals surface area contributed by atoms with Crippen LogP contribution in [-0.4, -0.2) is 39.5 Å². The molecule has 27 heavy (non-hydrogen) atoms. The molecule has 2 aromatic heterocycles. The molecule has 0 radical (unpaired) electrons. The van der Waals surface area contributed by atoms with Crippen LogP contribution in [0.25, 0.3) is 15.9 Å². The van der Waals surface area contributed by atoms with Gasteiger partial charge in [-0.1, -0.05) is 18.2 Å². The number of nitrogens with zero attached hydrogens (tertiary/aromatic N) is 5. The fourth-order valence-electron chi connectivity index (χ4n) is 2.89. The van der Waals surface area contributed by atoms with E-state index < -0.39 is 10.0 Å². The van der Waals surface area contributed by atoms with Gasteiger partial charge >= 0.3 is 0 Å². The normalized spacial score (nSPS) is 13.3. The molecule has 0 aliphatic carbocycles. The van der Waals surface area contributed by atoms with E-state index in [-0.39, 0.29) is 10.9 Å². The van der Waals surface area contributed by atoms with Gasteiger partial charge in [0.1, 0.15) is 23.1 Å². The van der Waals surface area contributed by atoms with Gasteiger partial charge in [-0.05, 0) is 36.8 Å². The van der Waals surface area contributed by atoms with Crippen molar-refractivity contribution in [1.29, 1.82) is 0 Å². The minimum Gasteiger partial charge on any atom is -0.243 e. The summed E-state index contributed by atoms with van der Waals surface area (Å²) in [5.41, 5.74) is 3.93. The molecule has 0 spiro atoms. The lowest BCUT2D eigenvalue weighted by Gasteiger charge is -2.25. The first-order valence-corrected chi connectivity index (χ1v) is 10.6. The lowest BCUT2D eigenvalue weighted by Crippen LogP contribution is -2.30. The largest absolute Gasteiger partial charge is 0.245 e. The van der Waals surface area contributed by atoms with Crippen LogP contribution in [0.3, 0.4) is 0 Å². The van der Waals surface area contributed by atoms with Crippen LogP contribution in [0.1, 0.15) is 18.5 Å². The molecule has 7 nitrogen and oxygen atoms in total. The number of rotatable bonds is 5. The molecule has 0 aliphatic heterocycles. The van der Waals surface area contributed by atoms with Crippen molar-refractivity contribution in [2.45, 2.75) is 17.9 Å². The summed E-state index contributed by atoms with van der Waals surface area (Å²) < 4.78 is 30.2. The van der Waals surface area contributed by atoms with Crippen LogP contribution in [0.5, 0.6) is 0 Å². The quantitative estimate of drug-likeness (QED) is 0.514. The van der Waals surface area contributed by atoms with Gasteiger partial charge in [-0.3, -0.25) is 0 Å². The molecule has 0 bridgehead atoms. The minimum atomic E-state index is -3.69. The van der Waals surface area contributed by atoms with Crippen LogP contribution in [0.15, 0.2) is 65.5 Å². The van der Waals surface area contributed by atoms with E-state index in [0.29, 0.717) is 5.52 Å². The smallest absolute Gasteiger partial charge is 0.243 e. The third kappa shape index (κ3) is 3.14. The molecule has 9 heteroatoms. The molecule has 0 aliphatic rings. The van der Waals surface area contributed by atoms with E-state index in [1.807, 2.05) is 37.3 Å². The molecular formula is C18H17N5O2S2. The second kappa shape index (κ2) is 6.84. The fraction of sp³-hybridized carbons (Fsp3) is 0.167. The van der Waals surface area contributed by atoms with Gasteiger partial charge in [0.25, 0.3) is 0 Å². The van der Waals surface area contributed by atoms with Crippen molar-refractivity contribution in [3.63, 3.8) is 0 Å². The van der Waals surface area contributed by atoms with Crippen LogP contribution in [0.2, 0.25) is 0 Å². The SMILES string of the molecule is CC(c1ccc(-n2cncn2)cc1)N(C)S(=O)(=O)c1cccc2scnc12. The molecular weight excluding hydrogens is 382 g/mol. The van der Waals surface area contributed by atoms with Gasteiger partial charge < -0.3 is 0 Å². The first-order chi connectivity index (χ1) is 13.0. The number of hydrogen-bond donors (Lipinski definition) is 0. The minimum absolute atomic E-state index is 0.231. The van der Waals surface area contributed by atoms with E-state index in [9.17, 15) is 8.42 Å². The molecule has 0 N–H and O–H groups in total. The monoisotopic (exact) mass is 399 g/mol. The third-order valence-corrected chi connectivity index (χ3v) is 7.34. The first-order valence-electron chi connectivity index (χ1n) is 8.23. The lowest BCUT2D eigenvalue weighted by atomic mass is 10.1. The van der Waals surface area contributed by atoms with E-state index in [1.165, 1.54) is 22.0 Å². The zero-order chi connectivity index (χ0) is 19.0. The number of hydrogen-bond acceptors (Lipinski definition) is 6. The maximum absolute atomic E-state index is 13.2. The Morgan fingerprint density at radius 1 is 1.15 bits per heavy atom. The Labute approximate surface area is 161 Å². The van der Waals surface area contributed by atoms with E-state index in [4.69, 9.17) is 0 Å². The Balaban J connectivity index is 1.65. The summed E-state index contributed by atoms with van der Waals surface area (Å²) in [7, 11) is -2.09. The molecule has 138 valence electrons. The molecule has 4 rings (SSSR count). The number of para-hydroxylation sites is 1.